The van der Waals surface area contributed by atoms with E-state index >= 15 is 0 Å². The van der Waals surface area contributed by atoms with E-state index in [4.69, 9.17) is 27.1 Å². The Kier molecular flexibility index (Phi) is 5.15. The van der Waals surface area contributed by atoms with Crippen LogP contribution in [0.3, 0.4) is 0 Å². The van der Waals surface area contributed by atoms with Crippen LogP contribution < -0.4 is 5.73 Å². The van der Waals surface area contributed by atoms with E-state index in [0.717, 1.165) is 22.0 Å². The van der Waals surface area contributed by atoms with Gasteiger partial charge in [-0.3, -0.25) is 4.79 Å². The van der Waals surface area contributed by atoms with Crippen molar-refractivity contribution >= 4 is 45.9 Å². The number of hydrogen-bond donors (Lipinski definition) is 1. The summed E-state index contributed by atoms with van der Waals surface area (Å²) in [5, 5.41) is 1.96. The molecule has 0 fully saturated rings. The zero-order valence-electron chi connectivity index (χ0n) is 15.1. The molecule has 0 amide bonds. The molecule has 2 aromatic rings. The van der Waals surface area contributed by atoms with Crippen molar-refractivity contribution in [2.24, 2.45) is 4.99 Å². The highest BCUT2D eigenvalue weighted by Gasteiger charge is 2.33. The third kappa shape index (κ3) is 3.79. The zero-order chi connectivity index (χ0) is 19.7. The number of benzene rings is 2. The second-order valence-electron chi connectivity index (χ2n) is 6.35. The van der Waals surface area contributed by atoms with Gasteiger partial charge in [-0.25, -0.2) is 4.99 Å². The molecule has 7 heteroatoms. The number of carbonyl (C=O) groups excluding carboxylic acids is 1. The number of nitrogen functional groups attached to an aromatic ring is 1. The topological polar surface area (TPSA) is 67.9 Å². The minimum Gasteiger partial charge on any atom is -0.417 e. The van der Waals surface area contributed by atoms with Crippen molar-refractivity contribution < 1.29 is 9.53 Å². The van der Waals surface area contributed by atoms with Gasteiger partial charge in [0, 0.05) is 22.7 Å². The van der Waals surface area contributed by atoms with Crippen molar-refractivity contribution in [3.05, 3.63) is 82.0 Å². The second-order valence-corrected chi connectivity index (χ2v) is 7.76. The Morgan fingerprint density at radius 2 is 1.93 bits per heavy atom. The number of thioether (sulfide) groups is 1. The van der Waals surface area contributed by atoms with Crippen LogP contribution in [0, 0.1) is 0 Å². The lowest BCUT2D eigenvalue weighted by molar-refractivity contribution is -0.138. The summed E-state index contributed by atoms with van der Waals surface area (Å²) < 4.78 is 5.41. The van der Waals surface area contributed by atoms with Gasteiger partial charge in [-0.1, -0.05) is 42.8 Å². The van der Waals surface area contributed by atoms with Gasteiger partial charge in [-0.15, -0.1) is 0 Å². The van der Waals surface area contributed by atoms with Crippen LogP contribution in [0.25, 0.3) is 5.70 Å². The number of anilines is 1. The minimum atomic E-state index is -0.269. The SMILES string of the molecule is CCC(=O)OC1=CN2C(=NC(c3ccc(N)cc3)=CC2c2ccc(Cl)cc2)S1. The summed E-state index contributed by atoms with van der Waals surface area (Å²) in [6.07, 6.45) is 4.23. The first-order valence-corrected chi connectivity index (χ1v) is 10.0. The summed E-state index contributed by atoms with van der Waals surface area (Å²) >= 11 is 7.40. The zero-order valence-corrected chi connectivity index (χ0v) is 16.7. The molecular formula is C21H18ClN3O2S. The van der Waals surface area contributed by atoms with Crippen LogP contribution in [-0.2, 0) is 9.53 Å². The maximum absolute atomic E-state index is 11.7. The molecule has 142 valence electrons. The molecule has 5 nitrogen and oxygen atoms in total. The summed E-state index contributed by atoms with van der Waals surface area (Å²) in [7, 11) is 0. The molecule has 2 N–H and O–H groups in total. The van der Waals surface area contributed by atoms with Crippen molar-refractivity contribution in [3.63, 3.8) is 0 Å². The quantitative estimate of drug-likeness (QED) is 0.555. The number of nitrogens with two attached hydrogens (primary N) is 1. The molecule has 0 saturated heterocycles. The summed E-state index contributed by atoms with van der Waals surface area (Å²) in [6.45, 7) is 1.77. The summed E-state index contributed by atoms with van der Waals surface area (Å²) in [4.78, 5) is 18.5. The van der Waals surface area contributed by atoms with Gasteiger partial charge in [0.1, 0.15) is 0 Å². The maximum atomic E-state index is 11.7. The first-order chi connectivity index (χ1) is 13.5. The highest BCUT2D eigenvalue weighted by atomic mass is 35.5. The first kappa shape index (κ1) is 18.7. The molecule has 2 aliphatic heterocycles. The van der Waals surface area contributed by atoms with Crippen LogP contribution in [0.1, 0.15) is 30.5 Å². The number of amidine groups is 1. The predicted molar refractivity (Wildman–Crippen MR) is 114 cm³/mol. The van der Waals surface area contributed by atoms with Crippen molar-refractivity contribution in [2.75, 3.05) is 5.73 Å². The molecule has 1 unspecified atom stereocenters. The van der Waals surface area contributed by atoms with Gasteiger partial charge in [-0.2, -0.15) is 0 Å². The van der Waals surface area contributed by atoms with E-state index in [1.54, 1.807) is 6.92 Å². The van der Waals surface area contributed by atoms with Crippen molar-refractivity contribution in [2.45, 2.75) is 19.4 Å². The van der Waals surface area contributed by atoms with Crippen molar-refractivity contribution in [3.8, 4) is 0 Å². The molecule has 2 aromatic carbocycles. The number of rotatable bonds is 4. The van der Waals surface area contributed by atoms with E-state index in [-0.39, 0.29) is 12.0 Å². The Hall–Kier alpha value is -2.70. The number of carbonyl (C=O) groups is 1. The standard InChI is InChI=1S/C21H18ClN3O2S/c1-2-19(26)27-20-12-25-18(14-3-7-15(22)8-4-14)11-17(24-21(25)28-20)13-5-9-16(23)10-6-13/h3-12,18H,2,23H2,1H3. The number of hydrogen-bond acceptors (Lipinski definition) is 6. The second kappa shape index (κ2) is 7.73. The normalized spacial score (nSPS) is 18.1. The highest BCUT2D eigenvalue weighted by Crippen LogP contribution is 2.42. The van der Waals surface area contributed by atoms with Gasteiger partial charge in [0.2, 0.25) is 0 Å². The smallest absolute Gasteiger partial charge is 0.311 e. The van der Waals surface area contributed by atoms with Crippen LogP contribution in [0.4, 0.5) is 5.69 Å². The monoisotopic (exact) mass is 411 g/mol. The number of nitrogens with zero attached hydrogens (tertiary/aromatic N) is 2. The number of esters is 1. The number of halogens is 1. The van der Waals surface area contributed by atoms with Gasteiger partial charge >= 0.3 is 5.97 Å². The fourth-order valence-corrected chi connectivity index (χ4v) is 3.97. The molecule has 1 atom stereocenters. The summed E-state index contributed by atoms with van der Waals surface area (Å²) in [5.41, 5.74) is 9.39. The van der Waals surface area contributed by atoms with E-state index in [9.17, 15) is 4.79 Å². The Balaban J connectivity index is 1.73. The summed E-state index contributed by atoms with van der Waals surface area (Å²) in [5.74, 6) is -0.269. The Morgan fingerprint density at radius 3 is 2.61 bits per heavy atom. The molecule has 28 heavy (non-hydrogen) atoms. The van der Waals surface area contributed by atoms with Gasteiger partial charge in [0.25, 0.3) is 0 Å². The first-order valence-electron chi connectivity index (χ1n) is 8.84. The minimum absolute atomic E-state index is 0.0948. The highest BCUT2D eigenvalue weighted by molar-refractivity contribution is 8.17. The van der Waals surface area contributed by atoms with Gasteiger partial charge in [-0.05, 0) is 47.7 Å². The van der Waals surface area contributed by atoms with Crippen LogP contribution in [0.15, 0.2) is 70.9 Å². The van der Waals surface area contributed by atoms with E-state index in [1.807, 2.05) is 59.6 Å². The largest absolute Gasteiger partial charge is 0.417 e. The lowest BCUT2D eigenvalue weighted by Crippen LogP contribution is -2.27. The average molecular weight is 412 g/mol. The maximum Gasteiger partial charge on any atom is 0.311 e. The summed E-state index contributed by atoms with van der Waals surface area (Å²) in [6, 6.07) is 15.2. The lowest BCUT2D eigenvalue weighted by Gasteiger charge is -2.29. The fraction of sp³-hybridized carbons (Fsp3) is 0.143. The van der Waals surface area contributed by atoms with E-state index < -0.39 is 0 Å². The van der Waals surface area contributed by atoms with E-state index in [1.165, 1.54) is 11.8 Å². The number of fused-ring (bicyclic) bond motifs is 1. The average Bonchev–Trinajstić information content (AvgIpc) is 3.10. The molecule has 2 heterocycles. The Labute approximate surface area is 172 Å². The number of aliphatic imine (C=N–C) groups is 1. The van der Waals surface area contributed by atoms with Crippen LogP contribution in [0.2, 0.25) is 5.02 Å². The molecule has 0 aromatic heterocycles. The van der Waals surface area contributed by atoms with Crippen LogP contribution in [-0.4, -0.2) is 16.0 Å². The number of ether oxygens (including phenoxy) is 1. The predicted octanol–water partition coefficient (Wildman–Crippen LogP) is 5.17. The molecule has 4 rings (SSSR count). The van der Waals surface area contributed by atoms with Gasteiger partial charge < -0.3 is 15.4 Å². The molecule has 0 aliphatic carbocycles. The molecule has 2 aliphatic rings. The molecule has 0 radical (unpaired) electrons. The van der Waals surface area contributed by atoms with Crippen LogP contribution >= 0.6 is 23.4 Å². The lowest BCUT2D eigenvalue weighted by atomic mass is 10.0. The third-order valence-corrected chi connectivity index (χ3v) is 5.54. The third-order valence-electron chi connectivity index (χ3n) is 4.41. The molecular weight excluding hydrogens is 394 g/mol. The molecule has 0 bridgehead atoms. The van der Waals surface area contributed by atoms with Gasteiger partial charge in [0.05, 0.1) is 17.9 Å². The van der Waals surface area contributed by atoms with Crippen LogP contribution in [0.5, 0.6) is 0 Å². The van der Waals surface area contributed by atoms with E-state index in [0.29, 0.717) is 22.2 Å². The van der Waals surface area contributed by atoms with Crippen molar-refractivity contribution in [1.82, 2.24) is 4.90 Å². The fourth-order valence-electron chi connectivity index (χ4n) is 2.95. The molecule has 0 spiro atoms. The van der Waals surface area contributed by atoms with Crippen molar-refractivity contribution in [1.29, 1.82) is 0 Å². The van der Waals surface area contributed by atoms with E-state index in [2.05, 4.69) is 6.08 Å². The Morgan fingerprint density at radius 1 is 1.21 bits per heavy atom. The molecule has 0 saturated carbocycles. The Bertz CT molecular complexity index is 997. The van der Waals surface area contributed by atoms with Gasteiger partial charge in [0.15, 0.2) is 10.3 Å².